The number of hydrogen-bond acceptors (Lipinski definition) is 1. The summed E-state index contributed by atoms with van der Waals surface area (Å²) in [5.74, 6) is 0. The van der Waals surface area contributed by atoms with Crippen LogP contribution in [0.2, 0.25) is 0 Å². The van der Waals surface area contributed by atoms with Crippen LogP contribution in [0.1, 0.15) is 13.8 Å². The molecule has 0 atom stereocenters. The minimum absolute atomic E-state index is 0.572. The number of rotatable bonds is 2. The first-order valence-corrected chi connectivity index (χ1v) is 2.56. The van der Waals surface area contributed by atoms with E-state index in [4.69, 9.17) is 5.41 Å². The van der Waals surface area contributed by atoms with Crippen LogP contribution >= 0.6 is 0 Å². The van der Waals surface area contributed by atoms with Gasteiger partial charge in [0.05, 0.1) is 0 Å². The van der Waals surface area contributed by atoms with Crippen molar-refractivity contribution in [3.05, 3.63) is 24.3 Å². The molecule has 8 heavy (non-hydrogen) atoms. The normalized spacial score (nSPS) is 11.0. The maximum Gasteiger partial charge on any atom is 0.0351 e. The standard InChI is InChI=1S/C7H11N/c1-4-7(5-2)6(3)8/h4-5,8H,1H2,2-3H3. The second-order valence-electron chi connectivity index (χ2n) is 1.57. The first-order chi connectivity index (χ1) is 3.72. The molecule has 0 saturated heterocycles. The number of nitrogens with one attached hydrogen (secondary N) is 1. The molecule has 0 aromatic heterocycles. The molecule has 1 N–H and O–H groups in total. The van der Waals surface area contributed by atoms with Gasteiger partial charge >= 0.3 is 0 Å². The Morgan fingerprint density at radius 3 is 2.12 bits per heavy atom. The molecule has 0 bridgehead atoms. The van der Waals surface area contributed by atoms with Crippen LogP contribution in [0, 0.1) is 5.41 Å². The number of hydrogen-bond donors (Lipinski definition) is 1. The average molecular weight is 109 g/mol. The maximum atomic E-state index is 7.11. The molecule has 0 radical (unpaired) electrons. The van der Waals surface area contributed by atoms with Crippen molar-refractivity contribution in [3.8, 4) is 0 Å². The Morgan fingerprint density at radius 1 is 1.62 bits per heavy atom. The lowest BCUT2D eigenvalue weighted by atomic mass is 10.2. The van der Waals surface area contributed by atoms with Gasteiger partial charge in [-0.25, -0.2) is 0 Å². The first kappa shape index (κ1) is 7.15. The van der Waals surface area contributed by atoms with Gasteiger partial charge < -0.3 is 5.41 Å². The smallest absolute Gasteiger partial charge is 0.0351 e. The minimum atomic E-state index is 0.572. The zero-order chi connectivity index (χ0) is 6.57. The van der Waals surface area contributed by atoms with Gasteiger partial charge in [0.15, 0.2) is 0 Å². The molecule has 0 aliphatic carbocycles. The van der Waals surface area contributed by atoms with Gasteiger partial charge in [0.25, 0.3) is 0 Å². The van der Waals surface area contributed by atoms with E-state index in [1.54, 1.807) is 13.0 Å². The predicted octanol–water partition coefficient (Wildman–Crippen LogP) is 2.16. The lowest BCUT2D eigenvalue weighted by Crippen LogP contribution is -1.88. The predicted molar refractivity (Wildman–Crippen MR) is 37.4 cm³/mol. The van der Waals surface area contributed by atoms with Crippen LogP contribution in [0.15, 0.2) is 24.3 Å². The second-order valence-corrected chi connectivity index (χ2v) is 1.57. The van der Waals surface area contributed by atoms with Crippen LogP contribution in [0.4, 0.5) is 0 Å². The van der Waals surface area contributed by atoms with Crippen molar-refractivity contribution in [2.45, 2.75) is 13.8 Å². The van der Waals surface area contributed by atoms with Gasteiger partial charge in [-0.1, -0.05) is 18.7 Å². The fourth-order valence-electron chi connectivity index (χ4n) is 0.487. The van der Waals surface area contributed by atoms with E-state index >= 15 is 0 Å². The average Bonchev–Trinajstić information content (AvgIpc) is 1.69. The fourth-order valence-corrected chi connectivity index (χ4v) is 0.487. The Hall–Kier alpha value is -0.850. The molecule has 0 aliphatic rings. The van der Waals surface area contributed by atoms with Gasteiger partial charge in [0, 0.05) is 5.71 Å². The van der Waals surface area contributed by atoms with Crippen LogP contribution in [-0.4, -0.2) is 5.71 Å². The van der Waals surface area contributed by atoms with Gasteiger partial charge in [-0.3, -0.25) is 0 Å². The largest absolute Gasteiger partial charge is 0.305 e. The molecule has 0 aromatic rings. The number of allylic oxidation sites excluding steroid dienone is 3. The summed E-state index contributed by atoms with van der Waals surface area (Å²) >= 11 is 0. The summed E-state index contributed by atoms with van der Waals surface area (Å²) < 4.78 is 0. The topological polar surface area (TPSA) is 23.9 Å². The van der Waals surface area contributed by atoms with E-state index in [1.165, 1.54) is 0 Å². The van der Waals surface area contributed by atoms with E-state index in [9.17, 15) is 0 Å². The molecule has 44 valence electrons. The lowest BCUT2D eigenvalue weighted by molar-refractivity contribution is 1.46. The molecule has 0 fully saturated rings. The van der Waals surface area contributed by atoms with E-state index in [1.807, 2.05) is 13.0 Å². The summed E-state index contributed by atoms with van der Waals surface area (Å²) in [7, 11) is 0. The van der Waals surface area contributed by atoms with Gasteiger partial charge in [-0.05, 0) is 19.4 Å². The van der Waals surface area contributed by atoms with Crippen LogP contribution in [-0.2, 0) is 0 Å². The van der Waals surface area contributed by atoms with E-state index < -0.39 is 0 Å². The molecule has 1 heteroatoms. The Bertz CT molecular complexity index is 131. The van der Waals surface area contributed by atoms with Crippen molar-refractivity contribution < 1.29 is 0 Å². The van der Waals surface area contributed by atoms with Crippen LogP contribution in [0.25, 0.3) is 0 Å². The van der Waals surface area contributed by atoms with Gasteiger partial charge in [0.1, 0.15) is 0 Å². The summed E-state index contributed by atoms with van der Waals surface area (Å²) in [6.45, 7) is 7.19. The molecular formula is C7H11N. The highest BCUT2D eigenvalue weighted by atomic mass is 14.4. The van der Waals surface area contributed by atoms with Crippen LogP contribution in [0.3, 0.4) is 0 Å². The monoisotopic (exact) mass is 109 g/mol. The zero-order valence-electron chi connectivity index (χ0n) is 5.36. The summed E-state index contributed by atoms with van der Waals surface area (Å²) in [4.78, 5) is 0. The fraction of sp³-hybridized carbons (Fsp3) is 0.286. The van der Waals surface area contributed by atoms with Crippen molar-refractivity contribution in [1.82, 2.24) is 0 Å². The summed E-state index contributed by atoms with van der Waals surface area (Å²) in [6.07, 6.45) is 3.55. The van der Waals surface area contributed by atoms with Gasteiger partial charge in [0.2, 0.25) is 0 Å². The third kappa shape index (κ3) is 1.73. The molecular weight excluding hydrogens is 98.1 g/mol. The summed E-state index contributed by atoms with van der Waals surface area (Å²) in [5, 5.41) is 7.11. The molecule has 0 aromatic carbocycles. The Morgan fingerprint density at radius 2 is 2.12 bits per heavy atom. The molecule has 0 heterocycles. The SMILES string of the molecule is C=CC(=CC)C(C)=N. The molecule has 1 nitrogen and oxygen atoms in total. The highest BCUT2D eigenvalue weighted by molar-refractivity contribution is 5.97. The van der Waals surface area contributed by atoms with E-state index in [0.29, 0.717) is 5.71 Å². The van der Waals surface area contributed by atoms with Crippen molar-refractivity contribution in [1.29, 1.82) is 5.41 Å². The maximum absolute atomic E-state index is 7.11. The van der Waals surface area contributed by atoms with Crippen LogP contribution in [0.5, 0.6) is 0 Å². The third-order valence-corrected chi connectivity index (χ3v) is 0.964. The second kappa shape index (κ2) is 3.19. The molecule has 0 aliphatic heterocycles. The van der Waals surface area contributed by atoms with Crippen molar-refractivity contribution in [2.75, 3.05) is 0 Å². The van der Waals surface area contributed by atoms with E-state index in [-0.39, 0.29) is 0 Å². The minimum Gasteiger partial charge on any atom is -0.305 e. The van der Waals surface area contributed by atoms with E-state index in [2.05, 4.69) is 6.58 Å². The molecule has 0 amide bonds. The molecule has 0 saturated carbocycles. The van der Waals surface area contributed by atoms with Gasteiger partial charge in [-0.2, -0.15) is 0 Å². The molecule has 0 unspecified atom stereocenters. The summed E-state index contributed by atoms with van der Waals surface area (Å²) in [6, 6.07) is 0. The Labute approximate surface area is 50.2 Å². The van der Waals surface area contributed by atoms with Crippen molar-refractivity contribution in [2.24, 2.45) is 0 Å². The highest BCUT2D eigenvalue weighted by Gasteiger charge is 1.87. The Balaban J connectivity index is 4.13. The van der Waals surface area contributed by atoms with Crippen molar-refractivity contribution in [3.63, 3.8) is 0 Å². The first-order valence-electron chi connectivity index (χ1n) is 2.56. The lowest BCUT2D eigenvalue weighted by Gasteiger charge is -1.92. The quantitative estimate of drug-likeness (QED) is 0.415. The molecule has 0 rings (SSSR count). The third-order valence-electron chi connectivity index (χ3n) is 0.964. The molecule has 0 spiro atoms. The van der Waals surface area contributed by atoms with Gasteiger partial charge in [-0.15, -0.1) is 0 Å². The zero-order valence-corrected chi connectivity index (χ0v) is 5.36. The highest BCUT2D eigenvalue weighted by Crippen LogP contribution is 1.95. The summed E-state index contributed by atoms with van der Waals surface area (Å²) in [5.41, 5.74) is 1.48. The van der Waals surface area contributed by atoms with E-state index in [0.717, 1.165) is 5.57 Å². The van der Waals surface area contributed by atoms with Crippen molar-refractivity contribution >= 4 is 5.71 Å². The van der Waals surface area contributed by atoms with Crippen LogP contribution < -0.4 is 0 Å². The Kier molecular flexibility index (Phi) is 2.85.